The van der Waals surface area contributed by atoms with Crippen LogP contribution in [0, 0.1) is 0 Å². The van der Waals surface area contributed by atoms with Gasteiger partial charge in [0.15, 0.2) is 0 Å². The molecule has 0 rings (SSSR count). The number of aliphatic hydroxyl groups is 1. The summed E-state index contributed by atoms with van der Waals surface area (Å²) in [7, 11) is 1.48. The van der Waals surface area contributed by atoms with Crippen LogP contribution < -0.4 is 5.32 Å². The maximum absolute atomic E-state index is 12.7. The summed E-state index contributed by atoms with van der Waals surface area (Å²) >= 11 is 0. The SMILES string of the molecule is CC/C=C\C/C=C\C/C=C\C/C=C\CCC(=O)NC(COP(=O)(O)OCC[N+](C)(C)C)C(O)/C=C/CC/C=C/CC/C=C/CCCCCCCC. The highest BCUT2D eigenvalue weighted by atomic mass is 31.2. The first kappa shape index (κ1) is 48.7. The van der Waals surface area contributed by atoms with Gasteiger partial charge in [-0.05, 0) is 70.6 Å². The Morgan fingerprint density at radius 3 is 1.78 bits per heavy atom. The van der Waals surface area contributed by atoms with Gasteiger partial charge >= 0.3 is 7.82 Å². The molecule has 0 aliphatic heterocycles. The minimum absolute atomic E-state index is 0.0363. The maximum atomic E-state index is 12.7. The summed E-state index contributed by atoms with van der Waals surface area (Å²) in [4.78, 5) is 22.9. The zero-order valence-corrected chi connectivity index (χ0v) is 33.7. The minimum Gasteiger partial charge on any atom is -0.387 e. The molecule has 0 fully saturated rings. The van der Waals surface area contributed by atoms with Crippen molar-refractivity contribution in [2.45, 2.75) is 135 Å². The number of aliphatic hydroxyl groups excluding tert-OH is 1. The lowest BCUT2D eigenvalue weighted by atomic mass is 10.1. The van der Waals surface area contributed by atoms with Crippen LogP contribution in [0.25, 0.3) is 0 Å². The lowest BCUT2D eigenvalue weighted by Gasteiger charge is -2.25. The van der Waals surface area contributed by atoms with Crippen LogP contribution in [0.3, 0.4) is 0 Å². The summed E-state index contributed by atoms with van der Waals surface area (Å²) in [5.41, 5.74) is 0. The van der Waals surface area contributed by atoms with Crippen LogP contribution in [-0.4, -0.2) is 73.4 Å². The Balaban J connectivity index is 4.75. The Morgan fingerprint density at radius 2 is 1.20 bits per heavy atom. The van der Waals surface area contributed by atoms with E-state index in [4.69, 9.17) is 9.05 Å². The Hall–Kier alpha value is -2.32. The van der Waals surface area contributed by atoms with Crippen molar-refractivity contribution < 1.29 is 32.9 Å². The fourth-order valence-corrected chi connectivity index (χ4v) is 5.46. The number of allylic oxidation sites excluding steroid dienone is 13. The zero-order chi connectivity index (χ0) is 37.9. The number of phosphoric acid groups is 1. The lowest BCUT2D eigenvalue weighted by molar-refractivity contribution is -0.870. The number of hydrogen-bond donors (Lipinski definition) is 3. The molecule has 0 aromatic heterocycles. The second kappa shape index (κ2) is 33.5. The molecule has 51 heavy (non-hydrogen) atoms. The van der Waals surface area contributed by atoms with Gasteiger partial charge in [0.1, 0.15) is 13.2 Å². The molecule has 8 nitrogen and oxygen atoms in total. The van der Waals surface area contributed by atoms with Crippen LogP contribution in [-0.2, 0) is 18.4 Å². The summed E-state index contributed by atoms with van der Waals surface area (Å²) in [5.74, 6) is -0.277. The summed E-state index contributed by atoms with van der Waals surface area (Å²) in [5, 5.41) is 13.7. The van der Waals surface area contributed by atoms with Gasteiger partial charge in [-0.2, -0.15) is 0 Å². The normalized spacial score (nSPS) is 15.5. The minimum atomic E-state index is -4.37. The molecule has 0 aromatic rings. The number of carbonyl (C=O) groups is 1. The van der Waals surface area contributed by atoms with Crippen LogP contribution in [0.2, 0.25) is 0 Å². The van der Waals surface area contributed by atoms with Crippen molar-refractivity contribution >= 4 is 13.7 Å². The quantitative estimate of drug-likeness (QED) is 0.0268. The fraction of sp³-hybridized carbons (Fsp3) is 0.643. The summed E-state index contributed by atoms with van der Waals surface area (Å²) in [6.45, 7) is 4.56. The Bertz CT molecular complexity index is 1100. The number of quaternary nitrogens is 1. The van der Waals surface area contributed by atoms with Gasteiger partial charge in [0.2, 0.25) is 5.91 Å². The standard InChI is InChI=1S/C42H73N2O6P/c1-6-8-10-12-14-16-18-20-21-22-24-25-27-29-31-33-35-41(45)40(39-50-51(47,48)49-38-37-44(3,4)5)43-42(46)36-34-32-30-28-26-23-19-17-15-13-11-9-7-2/h9,11,15,17,20-21,23,25-27,30,32-33,35,40-41,45H,6-8,10,12-14,16,18-19,22,24,28-29,31,34,36-39H2,1-5H3,(H-,43,46,47,48)/p+1/b11-9-,17-15-,21-20+,26-23-,27-25+,32-30-,35-33+. The van der Waals surface area contributed by atoms with Crippen molar-refractivity contribution in [1.29, 1.82) is 0 Å². The van der Waals surface area contributed by atoms with Gasteiger partial charge in [0.25, 0.3) is 0 Å². The number of nitrogens with one attached hydrogen (secondary N) is 1. The van der Waals surface area contributed by atoms with Gasteiger partial charge in [0, 0.05) is 6.42 Å². The van der Waals surface area contributed by atoms with Crippen LogP contribution in [0.5, 0.6) is 0 Å². The second-order valence-corrected chi connectivity index (χ2v) is 15.4. The van der Waals surface area contributed by atoms with E-state index in [2.05, 4.69) is 79.9 Å². The molecular weight excluding hydrogens is 659 g/mol. The van der Waals surface area contributed by atoms with Gasteiger partial charge < -0.3 is 19.8 Å². The van der Waals surface area contributed by atoms with Crippen molar-refractivity contribution in [3.8, 4) is 0 Å². The van der Waals surface area contributed by atoms with E-state index >= 15 is 0 Å². The van der Waals surface area contributed by atoms with Crippen LogP contribution in [0.4, 0.5) is 0 Å². The van der Waals surface area contributed by atoms with E-state index < -0.39 is 20.0 Å². The number of carbonyl (C=O) groups excluding carboxylic acids is 1. The summed E-state index contributed by atoms with van der Waals surface area (Å²) < 4.78 is 23.4. The van der Waals surface area contributed by atoms with Gasteiger partial charge in [-0.25, -0.2) is 4.57 Å². The van der Waals surface area contributed by atoms with Crippen molar-refractivity contribution in [2.75, 3.05) is 40.9 Å². The topological polar surface area (TPSA) is 105 Å². The highest BCUT2D eigenvalue weighted by Gasteiger charge is 2.27. The lowest BCUT2D eigenvalue weighted by Crippen LogP contribution is -2.45. The molecule has 0 bridgehead atoms. The van der Waals surface area contributed by atoms with E-state index in [0.29, 0.717) is 17.4 Å². The average molecular weight is 734 g/mol. The molecule has 3 N–H and O–H groups in total. The molecule has 0 spiro atoms. The number of amides is 1. The third-order valence-electron chi connectivity index (χ3n) is 7.84. The highest BCUT2D eigenvalue weighted by molar-refractivity contribution is 7.47. The van der Waals surface area contributed by atoms with Crippen molar-refractivity contribution in [2.24, 2.45) is 0 Å². The first-order valence-corrected chi connectivity index (χ1v) is 21.0. The smallest absolute Gasteiger partial charge is 0.387 e. The molecule has 292 valence electrons. The maximum Gasteiger partial charge on any atom is 0.472 e. The first-order chi connectivity index (χ1) is 24.5. The van der Waals surface area contributed by atoms with E-state index in [1.807, 2.05) is 39.4 Å². The number of nitrogens with zero attached hydrogens (tertiary/aromatic N) is 1. The van der Waals surface area contributed by atoms with E-state index in [0.717, 1.165) is 51.4 Å². The molecule has 0 aliphatic carbocycles. The summed E-state index contributed by atoms with van der Waals surface area (Å²) in [6.07, 6.45) is 45.3. The van der Waals surface area contributed by atoms with Gasteiger partial charge in [-0.1, -0.05) is 131 Å². The van der Waals surface area contributed by atoms with Crippen LogP contribution >= 0.6 is 7.82 Å². The van der Waals surface area contributed by atoms with Gasteiger partial charge in [0.05, 0.1) is 39.9 Å². The molecule has 3 atom stereocenters. The second-order valence-electron chi connectivity index (χ2n) is 13.9. The monoisotopic (exact) mass is 734 g/mol. The number of hydrogen-bond acceptors (Lipinski definition) is 5. The number of phosphoric ester groups is 1. The number of unbranched alkanes of at least 4 members (excludes halogenated alkanes) is 8. The third kappa shape index (κ3) is 35.9. The van der Waals surface area contributed by atoms with Gasteiger partial charge in [-0.15, -0.1) is 0 Å². The predicted octanol–water partition coefficient (Wildman–Crippen LogP) is 10.2. The van der Waals surface area contributed by atoms with Crippen LogP contribution in [0.1, 0.15) is 123 Å². The molecule has 9 heteroatoms. The molecular formula is C42H74N2O6P+. The van der Waals surface area contributed by atoms with Crippen molar-refractivity contribution in [3.05, 3.63) is 85.1 Å². The molecule has 0 aromatic carbocycles. The zero-order valence-electron chi connectivity index (χ0n) is 32.8. The first-order valence-electron chi connectivity index (χ1n) is 19.5. The number of rotatable bonds is 33. The van der Waals surface area contributed by atoms with Gasteiger partial charge in [-0.3, -0.25) is 13.8 Å². The number of likely N-dealkylation sites (N-methyl/N-ethyl adjacent to an activating group) is 1. The van der Waals surface area contributed by atoms with Crippen molar-refractivity contribution in [3.63, 3.8) is 0 Å². The Morgan fingerprint density at radius 1 is 0.686 bits per heavy atom. The van der Waals surface area contributed by atoms with E-state index in [1.54, 1.807) is 6.08 Å². The average Bonchev–Trinajstić information content (AvgIpc) is 3.07. The third-order valence-corrected chi connectivity index (χ3v) is 8.82. The molecule has 1 amide bonds. The van der Waals surface area contributed by atoms with Crippen LogP contribution in [0.15, 0.2) is 85.1 Å². The molecule has 0 saturated heterocycles. The Kier molecular flexibility index (Phi) is 32.0. The molecule has 3 unspecified atom stereocenters. The van der Waals surface area contributed by atoms with E-state index in [9.17, 15) is 19.4 Å². The molecule has 0 radical (unpaired) electrons. The molecule has 0 saturated carbocycles. The highest BCUT2D eigenvalue weighted by Crippen LogP contribution is 2.43. The molecule has 0 aliphatic rings. The summed E-state index contributed by atoms with van der Waals surface area (Å²) in [6, 6.07) is -0.910. The fourth-order valence-electron chi connectivity index (χ4n) is 4.73. The molecule has 0 heterocycles. The predicted molar refractivity (Wildman–Crippen MR) is 216 cm³/mol. The largest absolute Gasteiger partial charge is 0.472 e. The van der Waals surface area contributed by atoms with E-state index in [1.165, 1.54) is 44.9 Å². The Labute approximate surface area is 312 Å². The van der Waals surface area contributed by atoms with E-state index in [-0.39, 0.29) is 25.5 Å². The van der Waals surface area contributed by atoms with Crippen molar-refractivity contribution in [1.82, 2.24) is 5.32 Å².